The van der Waals surface area contributed by atoms with Crippen molar-refractivity contribution >= 4 is 33.2 Å². The first kappa shape index (κ1) is 18.4. The van der Waals surface area contributed by atoms with Crippen LogP contribution in [0, 0.1) is 0 Å². The first-order chi connectivity index (χ1) is 13.7. The molecule has 4 rings (SSSR count). The molecule has 0 fully saturated rings. The predicted molar refractivity (Wildman–Crippen MR) is 116 cm³/mol. The monoisotopic (exact) mass is 433 g/mol. The lowest BCUT2D eigenvalue weighted by molar-refractivity contribution is 0.0978. The minimum absolute atomic E-state index is 0.0579. The van der Waals surface area contributed by atoms with E-state index in [4.69, 9.17) is 0 Å². The maximum absolute atomic E-state index is 13.8. The Morgan fingerprint density at radius 2 is 1.68 bits per heavy atom. The second-order valence-corrected chi connectivity index (χ2v) is 7.46. The van der Waals surface area contributed by atoms with E-state index in [9.17, 15) is 4.79 Å². The minimum Gasteiger partial charge on any atom is -0.303 e. The fourth-order valence-electron chi connectivity index (χ4n) is 3.32. The number of hydrogen-bond donors (Lipinski definition) is 0. The number of benzene rings is 2. The SMILES string of the molecule is CCc1nc2ccc(Br)cn2c1C(=O)N(Cc1ccccc1)c1ccccc1. The van der Waals surface area contributed by atoms with Gasteiger partial charge in [0.05, 0.1) is 12.2 Å². The quantitative estimate of drug-likeness (QED) is 0.416. The van der Waals surface area contributed by atoms with Crippen molar-refractivity contribution < 1.29 is 4.79 Å². The van der Waals surface area contributed by atoms with Gasteiger partial charge >= 0.3 is 0 Å². The molecule has 2 aromatic heterocycles. The summed E-state index contributed by atoms with van der Waals surface area (Å²) < 4.78 is 2.79. The van der Waals surface area contributed by atoms with Crippen LogP contribution in [0.3, 0.4) is 0 Å². The Morgan fingerprint density at radius 3 is 2.36 bits per heavy atom. The van der Waals surface area contributed by atoms with Gasteiger partial charge < -0.3 is 4.90 Å². The summed E-state index contributed by atoms with van der Waals surface area (Å²) in [6, 6.07) is 23.7. The number of nitrogens with zero attached hydrogens (tertiary/aromatic N) is 3. The van der Waals surface area contributed by atoms with E-state index in [0.717, 1.165) is 27.1 Å². The molecule has 0 saturated heterocycles. The molecule has 5 heteroatoms. The fourth-order valence-corrected chi connectivity index (χ4v) is 3.66. The van der Waals surface area contributed by atoms with Gasteiger partial charge in [0.25, 0.3) is 5.91 Å². The molecule has 0 unspecified atom stereocenters. The first-order valence-corrected chi connectivity index (χ1v) is 10.0. The van der Waals surface area contributed by atoms with Crippen molar-refractivity contribution in [3.8, 4) is 0 Å². The van der Waals surface area contributed by atoms with Crippen molar-refractivity contribution in [2.45, 2.75) is 19.9 Å². The van der Waals surface area contributed by atoms with Gasteiger partial charge in [-0.3, -0.25) is 9.20 Å². The zero-order valence-electron chi connectivity index (χ0n) is 15.5. The second-order valence-electron chi connectivity index (χ2n) is 6.55. The Labute approximate surface area is 172 Å². The first-order valence-electron chi connectivity index (χ1n) is 9.24. The summed E-state index contributed by atoms with van der Waals surface area (Å²) >= 11 is 3.51. The van der Waals surface area contributed by atoms with E-state index in [2.05, 4.69) is 20.9 Å². The summed E-state index contributed by atoms with van der Waals surface area (Å²) in [5.41, 5.74) is 4.13. The Balaban J connectivity index is 1.84. The minimum atomic E-state index is -0.0579. The van der Waals surface area contributed by atoms with Crippen molar-refractivity contribution in [1.82, 2.24) is 9.38 Å². The molecule has 0 bridgehead atoms. The van der Waals surface area contributed by atoms with Crippen molar-refractivity contribution in [2.24, 2.45) is 0 Å². The molecule has 0 aliphatic rings. The van der Waals surface area contributed by atoms with Gasteiger partial charge in [-0.1, -0.05) is 55.5 Å². The Bertz CT molecular complexity index is 1110. The van der Waals surface area contributed by atoms with Crippen LogP contribution in [0.4, 0.5) is 5.69 Å². The summed E-state index contributed by atoms with van der Waals surface area (Å²) in [4.78, 5) is 20.3. The lowest BCUT2D eigenvalue weighted by atomic mass is 10.1. The molecule has 0 radical (unpaired) electrons. The van der Waals surface area contributed by atoms with Gasteiger partial charge in [0.1, 0.15) is 11.3 Å². The molecule has 1 amide bonds. The van der Waals surface area contributed by atoms with Gasteiger partial charge in [-0.15, -0.1) is 0 Å². The molecule has 140 valence electrons. The van der Waals surface area contributed by atoms with Crippen LogP contribution in [0.15, 0.2) is 83.5 Å². The highest BCUT2D eigenvalue weighted by Gasteiger charge is 2.25. The standard InChI is InChI=1S/C23H20BrN3O/c1-2-20-22(27-16-18(24)13-14-21(27)25-20)23(28)26(19-11-7-4-8-12-19)15-17-9-5-3-6-10-17/h3-14,16H,2,15H2,1H3. The van der Waals surface area contributed by atoms with Crippen LogP contribution in [-0.2, 0) is 13.0 Å². The summed E-state index contributed by atoms with van der Waals surface area (Å²) in [6.45, 7) is 2.52. The normalized spacial score (nSPS) is 10.9. The molecule has 2 aromatic carbocycles. The highest BCUT2D eigenvalue weighted by atomic mass is 79.9. The molecule has 4 nitrogen and oxygen atoms in total. The number of carbonyl (C=O) groups is 1. The number of fused-ring (bicyclic) bond motifs is 1. The lowest BCUT2D eigenvalue weighted by Crippen LogP contribution is -2.32. The number of para-hydroxylation sites is 1. The zero-order chi connectivity index (χ0) is 19.5. The van der Waals surface area contributed by atoms with Gasteiger partial charge in [0.2, 0.25) is 0 Å². The van der Waals surface area contributed by atoms with Crippen LogP contribution in [0.5, 0.6) is 0 Å². The van der Waals surface area contributed by atoms with Gasteiger partial charge in [-0.05, 0) is 52.2 Å². The molecule has 0 aliphatic heterocycles. The van der Waals surface area contributed by atoms with Crippen molar-refractivity contribution in [3.05, 3.63) is 100 Å². The number of pyridine rings is 1. The van der Waals surface area contributed by atoms with Gasteiger partial charge in [0.15, 0.2) is 0 Å². The van der Waals surface area contributed by atoms with E-state index in [1.807, 2.05) is 95.2 Å². The molecule has 2 heterocycles. The maximum atomic E-state index is 13.8. The predicted octanol–water partition coefficient (Wildman–Crippen LogP) is 5.51. The average molecular weight is 434 g/mol. The summed E-state index contributed by atoms with van der Waals surface area (Å²) in [7, 11) is 0. The highest BCUT2D eigenvalue weighted by Crippen LogP contribution is 2.24. The number of amides is 1. The number of rotatable bonds is 5. The summed E-state index contributed by atoms with van der Waals surface area (Å²) in [5, 5.41) is 0. The van der Waals surface area contributed by atoms with Crippen LogP contribution in [0.1, 0.15) is 28.7 Å². The number of hydrogen-bond acceptors (Lipinski definition) is 2. The van der Waals surface area contributed by atoms with E-state index in [0.29, 0.717) is 18.7 Å². The number of anilines is 1. The van der Waals surface area contributed by atoms with Crippen LogP contribution in [-0.4, -0.2) is 15.3 Å². The topological polar surface area (TPSA) is 37.6 Å². The van der Waals surface area contributed by atoms with Gasteiger partial charge in [-0.2, -0.15) is 0 Å². The molecule has 28 heavy (non-hydrogen) atoms. The summed E-state index contributed by atoms with van der Waals surface area (Å²) in [5.74, 6) is -0.0579. The number of imidazole rings is 1. The third-order valence-electron chi connectivity index (χ3n) is 4.69. The van der Waals surface area contributed by atoms with E-state index in [1.54, 1.807) is 0 Å². The third kappa shape index (κ3) is 3.58. The number of carbonyl (C=O) groups excluding carboxylic acids is 1. The largest absolute Gasteiger partial charge is 0.303 e. The highest BCUT2D eigenvalue weighted by molar-refractivity contribution is 9.10. The molecule has 0 spiro atoms. The molecule has 0 aliphatic carbocycles. The van der Waals surface area contributed by atoms with Crippen LogP contribution in [0.2, 0.25) is 0 Å². The number of aryl methyl sites for hydroxylation is 1. The average Bonchev–Trinajstić information content (AvgIpc) is 3.10. The molecular weight excluding hydrogens is 414 g/mol. The maximum Gasteiger partial charge on any atom is 0.277 e. The van der Waals surface area contributed by atoms with Crippen molar-refractivity contribution in [1.29, 1.82) is 0 Å². The van der Waals surface area contributed by atoms with Crippen LogP contribution >= 0.6 is 15.9 Å². The molecule has 0 atom stereocenters. The fraction of sp³-hybridized carbons (Fsp3) is 0.130. The van der Waals surface area contributed by atoms with Crippen LogP contribution < -0.4 is 4.90 Å². The molecular formula is C23H20BrN3O. The van der Waals surface area contributed by atoms with Crippen LogP contribution in [0.25, 0.3) is 5.65 Å². The second kappa shape index (κ2) is 7.98. The number of halogens is 1. The Morgan fingerprint density at radius 1 is 1.00 bits per heavy atom. The van der Waals surface area contributed by atoms with Gasteiger partial charge in [0, 0.05) is 16.4 Å². The molecule has 0 N–H and O–H groups in total. The zero-order valence-corrected chi connectivity index (χ0v) is 17.1. The summed E-state index contributed by atoms with van der Waals surface area (Å²) in [6.07, 6.45) is 2.59. The van der Waals surface area contributed by atoms with E-state index in [1.165, 1.54) is 0 Å². The van der Waals surface area contributed by atoms with Crippen molar-refractivity contribution in [2.75, 3.05) is 4.90 Å². The van der Waals surface area contributed by atoms with Crippen molar-refractivity contribution in [3.63, 3.8) is 0 Å². The van der Waals surface area contributed by atoms with Gasteiger partial charge in [-0.25, -0.2) is 4.98 Å². The molecule has 4 aromatic rings. The lowest BCUT2D eigenvalue weighted by Gasteiger charge is -2.23. The number of aromatic nitrogens is 2. The van der Waals surface area contributed by atoms with E-state index < -0.39 is 0 Å². The third-order valence-corrected chi connectivity index (χ3v) is 5.16. The smallest absolute Gasteiger partial charge is 0.277 e. The van der Waals surface area contributed by atoms with E-state index >= 15 is 0 Å². The van der Waals surface area contributed by atoms with E-state index in [-0.39, 0.29) is 5.91 Å². The molecule has 0 saturated carbocycles. The Hall–Kier alpha value is -2.92. The Kier molecular flexibility index (Phi) is 5.26.